The third kappa shape index (κ3) is 1.48. The van der Waals surface area contributed by atoms with Gasteiger partial charge in [-0.2, -0.15) is 0 Å². The normalized spacial score (nSPS) is 18.3. The van der Waals surface area contributed by atoms with Crippen LogP contribution >= 0.6 is 0 Å². The zero-order valence-electron chi connectivity index (χ0n) is 6.80. The standard InChI is InChI=1S/C8H10O3/c1-8(2,3)6-4-5(9)7(10)11-6/h4H,1-3H3. The predicted octanol–water partition coefficient (Wildman–Crippen LogP) is 1.04. The molecule has 3 nitrogen and oxygen atoms in total. The number of hydrogen-bond acceptors (Lipinski definition) is 3. The molecular formula is C8H10O3. The molecule has 0 saturated carbocycles. The minimum atomic E-state index is -0.769. The Bertz CT molecular complexity index is 243. The Kier molecular flexibility index (Phi) is 1.59. The van der Waals surface area contributed by atoms with E-state index in [-0.39, 0.29) is 5.41 Å². The van der Waals surface area contributed by atoms with Crippen molar-refractivity contribution >= 4 is 11.8 Å². The van der Waals surface area contributed by atoms with Crippen molar-refractivity contribution in [1.82, 2.24) is 0 Å². The summed E-state index contributed by atoms with van der Waals surface area (Å²) in [6, 6.07) is 0. The maximum absolute atomic E-state index is 10.7. The summed E-state index contributed by atoms with van der Waals surface area (Å²) >= 11 is 0. The van der Waals surface area contributed by atoms with Crippen LogP contribution in [-0.4, -0.2) is 11.8 Å². The molecule has 60 valence electrons. The molecule has 0 aromatic heterocycles. The van der Waals surface area contributed by atoms with Gasteiger partial charge in [-0.3, -0.25) is 4.79 Å². The zero-order valence-corrected chi connectivity index (χ0v) is 6.80. The van der Waals surface area contributed by atoms with Crippen molar-refractivity contribution in [3.8, 4) is 0 Å². The van der Waals surface area contributed by atoms with E-state index in [4.69, 9.17) is 4.74 Å². The summed E-state index contributed by atoms with van der Waals surface area (Å²) in [6.07, 6.45) is 1.25. The van der Waals surface area contributed by atoms with E-state index in [0.717, 1.165) is 0 Å². The number of esters is 1. The molecule has 0 N–H and O–H groups in total. The van der Waals surface area contributed by atoms with Crippen molar-refractivity contribution in [3.05, 3.63) is 11.8 Å². The van der Waals surface area contributed by atoms with E-state index in [9.17, 15) is 9.59 Å². The molecule has 0 spiro atoms. The molecule has 0 unspecified atom stereocenters. The van der Waals surface area contributed by atoms with E-state index >= 15 is 0 Å². The lowest BCUT2D eigenvalue weighted by atomic mass is 9.94. The summed E-state index contributed by atoms with van der Waals surface area (Å²) in [5.41, 5.74) is -0.262. The molecule has 0 aromatic rings. The highest BCUT2D eigenvalue weighted by atomic mass is 16.5. The van der Waals surface area contributed by atoms with Crippen molar-refractivity contribution in [2.75, 3.05) is 0 Å². The molecular weight excluding hydrogens is 144 g/mol. The van der Waals surface area contributed by atoms with Crippen molar-refractivity contribution < 1.29 is 14.3 Å². The zero-order chi connectivity index (χ0) is 8.65. The third-order valence-corrected chi connectivity index (χ3v) is 1.41. The summed E-state index contributed by atoms with van der Waals surface area (Å²) in [5, 5.41) is 0. The fourth-order valence-corrected chi connectivity index (χ4v) is 0.727. The van der Waals surface area contributed by atoms with Crippen LogP contribution in [0.1, 0.15) is 20.8 Å². The number of ether oxygens (including phenoxy) is 1. The highest BCUT2D eigenvalue weighted by molar-refractivity contribution is 6.40. The molecule has 11 heavy (non-hydrogen) atoms. The van der Waals surface area contributed by atoms with Crippen LogP contribution < -0.4 is 0 Å². The lowest BCUT2D eigenvalue weighted by Gasteiger charge is -2.17. The fraction of sp³-hybridized carbons (Fsp3) is 0.500. The monoisotopic (exact) mass is 154 g/mol. The first-order valence-corrected chi connectivity index (χ1v) is 3.39. The molecule has 0 fully saturated rings. The summed E-state index contributed by atoms with van der Waals surface area (Å²) < 4.78 is 4.71. The highest BCUT2D eigenvalue weighted by Gasteiger charge is 2.31. The fourth-order valence-electron chi connectivity index (χ4n) is 0.727. The van der Waals surface area contributed by atoms with Gasteiger partial charge < -0.3 is 4.74 Å². The maximum atomic E-state index is 10.7. The molecule has 0 bridgehead atoms. The van der Waals surface area contributed by atoms with Gasteiger partial charge in [0.1, 0.15) is 5.76 Å². The summed E-state index contributed by atoms with van der Waals surface area (Å²) in [6.45, 7) is 5.64. The number of rotatable bonds is 0. The average molecular weight is 154 g/mol. The molecule has 3 heteroatoms. The average Bonchev–Trinajstić information content (AvgIpc) is 2.11. The van der Waals surface area contributed by atoms with Gasteiger partial charge in [0, 0.05) is 11.5 Å². The first-order chi connectivity index (χ1) is 4.91. The van der Waals surface area contributed by atoms with Gasteiger partial charge in [-0.15, -0.1) is 0 Å². The predicted molar refractivity (Wildman–Crippen MR) is 38.6 cm³/mol. The summed E-state index contributed by atoms with van der Waals surface area (Å²) in [7, 11) is 0. The van der Waals surface area contributed by atoms with Crippen LogP contribution in [0.3, 0.4) is 0 Å². The number of allylic oxidation sites excluding steroid dienone is 1. The van der Waals surface area contributed by atoms with Gasteiger partial charge in [-0.25, -0.2) is 4.79 Å². The molecule has 1 aliphatic heterocycles. The molecule has 0 aliphatic carbocycles. The Morgan fingerprint density at radius 1 is 1.27 bits per heavy atom. The van der Waals surface area contributed by atoms with Gasteiger partial charge >= 0.3 is 5.97 Å². The SMILES string of the molecule is CC(C)(C)C1=CC(=O)C(=O)O1. The van der Waals surface area contributed by atoms with Crippen LogP contribution in [0.2, 0.25) is 0 Å². The minimum Gasteiger partial charge on any atom is -0.424 e. The van der Waals surface area contributed by atoms with Crippen LogP contribution in [0, 0.1) is 5.41 Å². The molecule has 1 rings (SSSR count). The topological polar surface area (TPSA) is 43.4 Å². The maximum Gasteiger partial charge on any atom is 0.384 e. The van der Waals surface area contributed by atoms with Crippen LogP contribution in [0.4, 0.5) is 0 Å². The third-order valence-electron chi connectivity index (χ3n) is 1.41. The number of ketones is 1. The number of hydrogen-bond donors (Lipinski definition) is 0. The second-order valence-electron chi connectivity index (χ2n) is 3.51. The van der Waals surface area contributed by atoms with E-state index in [0.29, 0.717) is 5.76 Å². The highest BCUT2D eigenvalue weighted by Crippen LogP contribution is 2.28. The van der Waals surface area contributed by atoms with Gasteiger partial charge in [0.15, 0.2) is 0 Å². The van der Waals surface area contributed by atoms with Gasteiger partial charge in [0.05, 0.1) is 0 Å². The minimum absolute atomic E-state index is 0.262. The molecule has 0 saturated heterocycles. The van der Waals surface area contributed by atoms with E-state index in [2.05, 4.69) is 0 Å². The molecule has 0 atom stereocenters. The van der Waals surface area contributed by atoms with Crippen LogP contribution in [0.15, 0.2) is 11.8 Å². The molecule has 1 aliphatic rings. The van der Waals surface area contributed by atoms with Crippen molar-refractivity contribution in [1.29, 1.82) is 0 Å². The molecule has 1 heterocycles. The lowest BCUT2D eigenvalue weighted by Crippen LogP contribution is -2.12. The van der Waals surface area contributed by atoms with Crippen LogP contribution in [0.25, 0.3) is 0 Å². The second kappa shape index (κ2) is 2.19. The smallest absolute Gasteiger partial charge is 0.384 e. The number of cyclic esters (lactones) is 1. The van der Waals surface area contributed by atoms with Gasteiger partial charge in [-0.1, -0.05) is 20.8 Å². The van der Waals surface area contributed by atoms with E-state index in [1.807, 2.05) is 20.8 Å². The molecule has 0 amide bonds. The Morgan fingerprint density at radius 2 is 1.82 bits per heavy atom. The van der Waals surface area contributed by atoms with Crippen LogP contribution in [0.5, 0.6) is 0 Å². The number of carbonyl (C=O) groups excluding carboxylic acids is 2. The summed E-state index contributed by atoms with van der Waals surface area (Å²) in [5.74, 6) is -0.877. The van der Waals surface area contributed by atoms with Gasteiger partial charge in [-0.05, 0) is 0 Å². The van der Waals surface area contributed by atoms with Gasteiger partial charge in [0.25, 0.3) is 5.78 Å². The molecule has 0 aromatic carbocycles. The Labute approximate surface area is 65.0 Å². The lowest BCUT2D eigenvalue weighted by molar-refractivity contribution is -0.146. The van der Waals surface area contributed by atoms with E-state index < -0.39 is 11.8 Å². The Morgan fingerprint density at radius 3 is 2.00 bits per heavy atom. The van der Waals surface area contributed by atoms with Gasteiger partial charge in [0.2, 0.25) is 0 Å². The largest absolute Gasteiger partial charge is 0.424 e. The quantitative estimate of drug-likeness (QED) is 0.387. The van der Waals surface area contributed by atoms with Crippen molar-refractivity contribution in [2.45, 2.75) is 20.8 Å². The van der Waals surface area contributed by atoms with Crippen LogP contribution in [-0.2, 0) is 14.3 Å². The first kappa shape index (κ1) is 7.98. The van der Waals surface area contributed by atoms with Crippen molar-refractivity contribution in [2.24, 2.45) is 5.41 Å². The first-order valence-electron chi connectivity index (χ1n) is 3.39. The number of carbonyl (C=O) groups is 2. The van der Waals surface area contributed by atoms with Crippen molar-refractivity contribution in [3.63, 3.8) is 0 Å². The van der Waals surface area contributed by atoms with E-state index in [1.54, 1.807) is 0 Å². The Balaban J connectivity index is 2.88. The second-order valence-corrected chi connectivity index (χ2v) is 3.51. The molecule has 0 radical (unpaired) electrons. The Hall–Kier alpha value is -1.12. The van der Waals surface area contributed by atoms with E-state index in [1.165, 1.54) is 6.08 Å². The summed E-state index contributed by atoms with van der Waals surface area (Å²) in [4.78, 5) is 21.3.